The highest BCUT2D eigenvalue weighted by Crippen LogP contribution is 2.13. The minimum Gasteiger partial charge on any atom is -0.289 e. The molecule has 1 atom stereocenters. The smallest absolute Gasteiger partial charge is 0.0721 e. The van der Waals surface area contributed by atoms with Gasteiger partial charge in [-0.2, -0.15) is 0 Å². The summed E-state index contributed by atoms with van der Waals surface area (Å²) in [7, 11) is 2.17. The summed E-state index contributed by atoms with van der Waals surface area (Å²) in [5, 5.41) is 0. The van der Waals surface area contributed by atoms with Gasteiger partial charge in [-0.3, -0.25) is 4.90 Å². The summed E-state index contributed by atoms with van der Waals surface area (Å²) < 4.78 is 0. The van der Waals surface area contributed by atoms with Crippen LogP contribution < -0.4 is 0 Å². The van der Waals surface area contributed by atoms with E-state index in [1.54, 1.807) is 0 Å². The van der Waals surface area contributed by atoms with Gasteiger partial charge < -0.3 is 0 Å². The molecule has 0 N–H and O–H groups in total. The van der Waals surface area contributed by atoms with Crippen molar-refractivity contribution in [2.75, 3.05) is 7.05 Å². The van der Waals surface area contributed by atoms with E-state index in [4.69, 9.17) is 0 Å². The minimum atomic E-state index is 0.278. The van der Waals surface area contributed by atoms with Crippen LogP contribution >= 0.6 is 0 Å². The number of nitrogens with zero attached hydrogens (tertiary/aromatic N) is 1. The molecule has 0 aromatic heterocycles. The second-order valence-electron chi connectivity index (χ2n) is 6.18. The van der Waals surface area contributed by atoms with Crippen LogP contribution in [0.25, 0.3) is 0 Å². The molecule has 0 amide bonds. The predicted molar refractivity (Wildman–Crippen MR) is 94.5 cm³/mol. The number of hydrogen-bond donors (Lipinski definition) is 0. The van der Waals surface area contributed by atoms with Crippen LogP contribution in [0.1, 0.15) is 31.4 Å². The SMILES string of the molecule is CC(C)CC(C#Cc1ccccc1)N(C)Cc1ccccc1. The standard InChI is InChI=1S/C21H25N/c1-18(2)16-21(15-14-19-10-6-4-7-11-19)22(3)17-20-12-8-5-9-13-20/h4-13,18,21H,16-17H2,1-3H3. The van der Waals surface area contributed by atoms with Crippen LogP contribution in [0.15, 0.2) is 60.7 Å². The average molecular weight is 291 g/mol. The molecule has 0 saturated heterocycles. The van der Waals surface area contributed by atoms with Crippen LogP contribution in [-0.4, -0.2) is 18.0 Å². The molecule has 1 nitrogen and oxygen atoms in total. The highest BCUT2D eigenvalue weighted by molar-refractivity contribution is 5.34. The summed E-state index contributed by atoms with van der Waals surface area (Å²) in [4.78, 5) is 2.35. The Kier molecular flexibility index (Phi) is 6.25. The maximum absolute atomic E-state index is 3.46. The Labute approximate surface area is 135 Å². The molecule has 0 radical (unpaired) electrons. The average Bonchev–Trinajstić information content (AvgIpc) is 2.53. The lowest BCUT2D eigenvalue weighted by Gasteiger charge is -2.25. The predicted octanol–water partition coefficient (Wildman–Crippen LogP) is 4.58. The van der Waals surface area contributed by atoms with Gasteiger partial charge in [0.05, 0.1) is 6.04 Å². The van der Waals surface area contributed by atoms with Crippen molar-refractivity contribution in [3.63, 3.8) is 0 Å². The van der Waals surface area contributed by atoms with E-state index in [0.717, 1.165) is 18.5 Å². The lowest BCUT2D eigenvalue weighted by atomic mass is 10.0. The van der Waals surface area contributed by atoms with E-state index in [0.29, 0.717) is 5.92 Å². The zero-order valence-corrected chi connectivity index (χ0v) is 13.8. The molecular formula is C21H25N. The summed E-state index contributed by atoms with van der Waals surface area (Å²) in [6.07, 6.45) is 1.09. The normalized spacial score (nSPS) is 12.0. The number of rotatable bonds is 5. The first-order chi connectivity index (χ1) is 10.6. The van der Waals surface area contributed by atoms with Crippen molar-refractivity contribution in [3.8, 4) is 11.8 Å². The molecule has 2 aromatic carbocycles. The molecule has 0 bridgehead atoms. The third-order valence-corrected chi connectivity index (χ3v) is 3.66. The molecule has 22 heavy (non-hydrogen) atoms. The molecule has 0 saturated carbocycles. The maximum Gasteiger partial charge on any atom is 0.0721 e. The van der Waals surface area contributed by atoms with E-state index in [1.807, 2.05) is 18.2 Å². The molecule has 0 spiro atoms. The second-order valence-corrected chi connectivity index (χ2v) is 6.18. The van der Waals surface area contributed by atoms with Crippen LogP contribution in [0.4, 0.5) is 0 Å². The Morgan fingerprint density at radius 2 is 1.50 bits per heavy atom. The van der Waals surface area contributed by atoms with Gasteiger partial charge in [-0.25, -0.2) is 0 Å². The van der Waals surface area contributed by atoms with Gasteiger partial charge in [0.15, 0.2) is 0 Å². The lowest BCUT2D eigenvalue weighted by molar-refractivity contribution is 0.251. The van der Waals surface area contributed by atoms with E-state index in [1.165, 1.54) is 5.56 Å². The van der Waals surface area contributed by atoms with Gasteiger partial charge >= 0.3 is 0 Å². The van der Waals surface area contributed by atoms with E-state index >= 15 is 0 Å². The summed E-state index contributed by atoms with van der Waals surface area (Å²) in [6.45, 7) is 5.45. The molecule has 0 aliphatic carbocycles. The van der Waals surface area contributed by atoms with Gasteiger partial charge in [-0.1, -0.05) is 74.2 Å². The molecule has 2 rings (SSSR count). The highest BCUT2D eigenvalue weighted by atomic mass is 15.1. The third-order valence-electron chi connectivity index (χ3n) is 3.66. The summed E-state index contributed by atoms with van der Waals surface area (Å²) in [5.74, 6) is 7.42. The van der Waals surface area contributed by atoms with Crippen LogP contribution in [-0.2, 0) is 6.54 Å². The van der Waals surface area contributed by atoms with Crippen LogP contribution in [0.5, 0.6) is 0 Å². The molecule has 0 heterocycles. The van der Waals surface area contributed by atoms with E-state index in [9.17, 15) is 0 Å². The monoisotopic (exact) mass is 291 g/mol. The quantitative estimate of drug-likeness (QED) is 0.729. The van der Waals surface area contributed by atoms with E-state index in [-0.39, 0.29) is 6.04 Å². The largest absolute Gasteiger partial charge is 0.289 e. The maximum atomic E-state index is 3.46. The Morgan fingerprint density at radius 1 is 0.909 bits per heavy atom. The van der Waals surface area contributed by atoms with Crippen molar-refractivity contribution in [1.82, 2.24) is 4.90 Å². The number of hydrogen-bond acceptors (Lipinski definition) is 1. The topological polar surface area (TPSA) is 3.24 Å². The molecule has 1 unspecified atom stereocenters. The van der Waals surface area contributed by atoms with Gasteiger partial charge in [0.25, 0.3) is 0 Å². The molecular weight excluding hydrogens is 266 g/mol. The Hall–Kier alpha value is -2.04. The number of benzene rings is 2. The van der Waals surface area contributed by atoms with Crippen molar-refractivity contribution in [1.29, 1.82) is 0 Å². The molecule has 2 aromatic rings. The van der Waals surface area contributed by atoms with Crippen molar-refractivity contribution in [2.45, 2.75) is 32.9 Å². The third kappa shape index (κ3) is 5.39. The zero-order chi connectivity index (χ0) is 15.8. The van der Waals surface area contributed by atoms with Crippen molar-refractivity contribution >= 4 is 0 Å². The lowest BCUT2D eigenvalue weighted by Crippen LogP contribution is -2.31. The van der Waals surface area contributed by atoms with E-state index < -0.39 is 0 Å². The van der Waals surface area contributed by atoms with Gasteiger partial charge in [0, 0.05) is 12.1 Å². The van der Waals surface area contributed by atoms with Crippen LogP contribution in [0, 0.1) is 17.8 Å². The Balaban J connectivity index is 2.10. The summed E-state index contributed by atoms with van der Waals surface area (Å²) in [5.41, 5.74) is 2.42. The first kappa shape index (κ1) is 16.3. The van der Waals surface area contributed by atoms with Gasteiger partial charge in [0.2, 0.25) is 0 Å². The molecule has 0 aliphatic rings. The molecule has 114 valence electrons. The van der Waals surface area contributed by atoms with Gasteiger partial charge in [-0.15, -0.1) is 0 Å². The van der Waals surface area contributed by atoms with Crippen molar-refractivity contribution in [3.05, 3.63) is 71.8 Å². The molecule has 0 fully saturated rings. The van der Waals surface area contributed by atoms with Gasteiger partial charge in [-0.05, 0) is 37.1 Å². The fourth-order valence-corrected chi connectivity index (χ4v) is 2.47. The fourth-order valence-electron chi connectivity index (χ4n) is 2.47. The van der Waals surface area contributed by atoms with Crippen LogP contribution in [0.3, 0.4) is 0 Å². The molecule has 0 aliphatic heterocycles. The van der Waals surface area contributed by atoms with Crippen molar-refractivity contribution < 1.29 is 0 Å². The second kappa shape index (κ2) is 8.41. The fraction of sp³-hybridized carbons (Fsp3) is 0.333. The molecule has 1 heteroatoms. The summed E-state index contributed by atoms with van der Waals surface area (Å²) in [6, 6.07) is 21.1. The van der Waals surface area contributed by atoms with Gasteiger partial charge in [0.1, 0.15) is 0 Å². The zero-order valence-electron chi connectivity index (χ0n) is 13.8. The van der Waals surface area contributed by atoms with E-state index in [2.05, 4.69) is 80.1 Å². The first-order valence-electron chi connectivity index (χ1n) is 7.96. The van der Waals surface area contributed by atoms with Crippen molar-refractivity contribution in [2.24, 2.45) is 5.92 Å². The Morgan fingerprint density at radius 3 is 2.09 bits per heavy atom. The first-order valence-corrected chi connectivity index (χ1v) is 7.96. The minimum absolute atomic E-state index is 0.278. The Bertz CT molecular complexity index is 605. The van der Waals surface area contributed by atoms with Crippen LogP contribution in [0.2, 0.25) is 0 Å². The summed E-state index contributed by atoms with van der Waals surface area (Å²) >= 11 is 0. The highest BCUT2D eigenvalue weighted by Gasteiger charge is 2.14.